The molecule has 0 saturated carbocycles. The lowest BCUT2D eigenvalue weighted by Gasteiger charge is -2.06. The molecule has 1 unspecified atom stereocenters. The first-order valence-electron chi connectivity index (χ1n) is 5.09. The van der Waals surface area contributed by atoms with Crippen LogP contribution in [0.2, 0.25) is 0 Å². The molecule has 1 amide bonds. The second-order valence-electron chi connectivity index (χ2n) is 3.97. The maximum absolute atomic E-state index is 11.4. The van der Waals surface area contributed by atoms with Crippen molar-refractivity contribution in [3.63, 3.8) is 0 Å². The van der Waals surface area contributed by atoms with E-state index in [4.69, 9.17) is 0 Å². The van der Waals surface area contributed by atoms with Crippen LogP contribution in [-0.2, 0) is 11.2 Å². The molecular weight excluding hydrogens is 174 g/mol. The summed E-state index contributed by atoms with van der Waals surface area (Å²) in [5.41, 5.74) is 2.54. The summed E-state index contributed by atoms with van der Waals surface area (Å²) < 4.78 is 0. The molecule has 74 valence electrons. The highest BCUT2D eigenvalue weighted by atomic mass is 16.2. The van der Waals surface area contributed by atoms with Crippen LogP contribution in [0.25, 0.3) is 0 Å². The minimum Gasteiger partial charge on any atom is -0.356 e. The van der Waals surface area contributed by atoms with Crippen LogP contribution in [0.4, 0.5) is 0 Å². The summed E-state index contributed by atoms with van der Waals surface area (Å²) in [4.78, 5) is 11.4. The number of benzene rings is 1. The van der Waals surface area contributed by atoms with Gasteiger partial charge in [-0.05, 0) is 25.3 Å². The van der Waals surface area contributed by atoms with Gasteiger partial charge in [-0.25, -0.2) is 0 Å². The maximum atomic E-state index is 11.4. The molecule has 1 aliphatic heterocycles. The minimum absolute atomic E-state index is 0.191. The number of aryl methyl sites for hydroxylation is 1. The van der Waals surface area contributed by atoms with Gasteiger partial charge in [0.2, 0.25) is 5.91 Å². The highest BCUT2D eigenvalue weighted by Crippen LogP contribution is 2.16. The molecule has 1 N–H and O–H groups in total. The molecule has 1 saturated heterocycles. The van der Waals surface area contributed by atoms with Crippen molar-refractivity contribution in [3.8, 4) is 0 Å². The number of nitrogens with one attached hydrogen (secondary N) is 1. The van der Waals surface area contributed by atoms with Crippen molar-refractivity contribution in [1.29, 1.82) is 0 Å². The molecule has 0 aliphatic carbocycles. The van der Waals surface area contributed by atoms with Crippen LogP contribution in [0.1, 0.15) is 17.5 Å². The Kier molecular flexibility index (Phi) is 2.53. The Balaban J connectivity index is 2.07. The first-order chi connectivity index (χ1) is 6.75. The van der Waals surface area contributed by atoms with E-state index in [1.54, 1.807) is 0 Å². The number of rotatable bonds is 2. The van der Waals surface area contributed by atoms with Crippen molar-refractivity contribution >= 4 is 5.91 Å². The van der Waals surface area contributed by atoms with Crippen molar-refractivity contribution in [2.24, 2.45) is 5.92 Å². The highest BCUT2D eigenvalue weighted by Gasteiger charge is 2.23. The first kappa shape index (κ1) is 9.25. The zero-order valence-electron chi connectivity index (χ0n) is 8.42. The molecule has 0 aromatic heterocycles. The molecular formula is C12H15NO. The molecule has 2 nitrogen and oxygen atoms in total. The smallest absolute Gasteiger partial charge is 0.223 e. The molecule has 2 rings (SSSR count). The van der Waals surface area contributed by atoms with Crippen LogP contribution in [0.5, 0.6) is 0 Å². The number of amides is 1. The summed E-state index contributed by atoms with van der Waals surface area (Å²) in [6.45, 7) is 2.92. The first-order valence-corrected chi connectivity index (χ1v) is 5.09. The van der Waals surface area contributed by atoms with E-state index in [0.717, 1.165) is 19.4 Å². The second-order valence-corrected chi connectivity index (χ2v) is 3.97. The quantitative estimate of drug-likeness (QED) is 0.753. The molecule has 1 aromatic carbocycles. The van der Waals surface area contributed by atoms with Crippen LogP contribution in [0.3, 0.4) is 0 Å². The number of carbonyl (C=O) groups excluding carboxylic acids is 1. The van der Waals surface area contributed by atoms with Gasteiger partial charge in [0.25, 0.3) is 0 Å². The van der Waals surface area contributed by atoms with Gasteiger partial charge in [-0.1, -0.05) is 29.8 Å². The number of hydrogen-bond donors (Lipinski definition) is 1. The van der Waals surface area contributed by atoms with Crippen LogP contribution in [0, 0.1) is 12.8 Å². The Labute approximate surface area is 84.3 Å². The van der Waals surface area contributed by atoms with Gasteiger partial charge in [0, 0.05) is 12.5 Å². The monoisotopic (exact) mass is 189 g/mol. The summed E-state index contributed by atoms with van der Waals surface area (Å²) in [6.07, 6.45) is 1.86. The van der Waals surface area contributed by atoms with Crippen molar-refractivity contribution in [2.75, 3.05) is 6.54 Å². The number of carbonyl (C=O) groups is 1. The van der Waals surface area contributed by atoms with E-state index in [0.29, 0.717) is 0 Å². The Hall–Kier alpha value is -1.31. The van der Waals surface area contributed by atoms with E-state index in [2.05, 4.69) is 36.5 Å². The number of hydrogen-bond acceptors (Lipinski definition) is 1. The van der Waals surface area contributed by atoms with E-state index in [9.17, 15) is 4.79 Å². The molecule has 14 heavy (non-hydrogen) atoms. The third kappa shape index (κ3) is 1.95. The summed E-state index contributed by atoms with van der Waals surface area (Å²) in [7, 11) is 0. The fraction of sp³-hybridized carbons (Fsp3) is 0.417. The van der Waals surface area contributed by atoms with Crippen LogP contribution >= 0.6 is 0 Å². The Bertz CT molecular complexity index is 346. The SMILES string of the molecule is Cc1cccc(CC2CCNC2=O)c1. The highest BCUT2D eigenvalue weighted by molar-refractivity contribution is 5.80. The fourth-order valence-corrected chi connectivity index (χ4v) is 1.96. The van der Waals surface area contributed by atoms with E-state index >= 15 is 0 Å². The van der Waals surface area contributed by atoms with E-state index in [1.165, 1.54) is 11.1 Å². The molecule has 1 aromatic rings. The summed E-state index contributed by atoms with van der Waals surface area (Å²) in [6, 6.07) is 8.39. The lowest BCUT2D eigenvalue weighted by molar-refractivity contribution is -0.122. The second kappa shape index (κ2) is 3.82. The molecule has 1 aliphatic rings. The third-order valence-corrected chi connectivity index (χ3v) is 2.73. The van der Waals surface area contributed by atoms with Crippen LogP contribution in [0.15, 0.2) is 24.3 Å². The molecule has 1 heterocycles. The summed E-state index contributed by atoms with van der Waals surface area (Å²) in [5, 5.41) is 2.87. The Morgan fingerprint density at radius 3 is 3.00 bits per heavy atom. The maximum Gasteiger partial charge on any atom is 0.223 e. The van der Waals surface area contributed by atoms with Gasteiger partial charge >= 0.3 is 0 Å². The molecule has 1 atom stereocenters. The van der Waals surface area contributed by atoms with Gasteiger partial charge in [-0.15, -0.1) is 0 Å². The standard InChI is InChI=1S/C12H15NO/c1-9-3-2-4-10(7-9)8-11-5-6-13-12(11)14/h2-4,7,11H,5-6,8H2,1H3,(H,13,14). The van der Waals surface area contributed by atoms with Gasteiger partial charge in [0.15, 0.2) is 0 Å². The molecule has 0 spiro atoms. The van der Waals surface area contributed by atoms with Crippen molar-refractivity contribution in [1.82, 2.24) is 5.32 Å². The summed E-state index contributed by atoms with van der Waals surface area (Å²) in [5.74, 6) is 0.406. The fourth-order valence-electron chi connectivity index (χ4n) is 1.96. The van der Waals surface area contributed by atoms with Gasteiger partial charge in [-0.3, -0.25) is 4.79 Å². The van der Waals surface area contributed by atoms with Gasteiger partial charge in [-0.2, -0.15) is 0 Å². The van der Waals surface area contributed by atoms with Gasteiger partial charge in [0.05, 0.1) is 0 Å². The normalized spacial score (nSPS) is 20.9. The van der Waals surface area contributed by atoms with E-state index in [1.807, 2.05) is 0 Å². The van der Waals surface area contributed by atoms with E-state index < -0.39 is 0 Å². The van der Waals surface area contributed by atoms with E-state index in [-0.39, 0.29) is 11.8 Å². The zero-order valence-corrected chi connectivity index (χ0v) is 8.42. The molecule has 0 radical (unpaired) electrons. The Morgan fingerprint density at radius 1 is 1.50 bits per heavy atom. The lowest BCUT2D eigenvalue weighted by atomic mass is 9.97. The largest absolute Gasteiger partial charge is 0.356 e. The zero-order chi connectivity index (χ0) is 9.97. The van der Waals surface area contributed by atoms with Crippen molar-refractivity contribution in [3.05, 3.63) is 35.4 Å². The average molecular weight is 189 g/mol. The van der Waals surface area contributed by atoms with Crippen molar-refractivity contribution < 1.29 is 4.79 Å². The van der Waals surface area contributed by atoms with Crippen LogP contribution in [-0.4, -0.2) is 12.5 Å². The topological polar surface area (TPSA) is 29.1 Å². The molecule has 0 bridgehead atoms. The molecule has 2 heteroatoms. The Morgan fingerprint density at radius 2 is 2.36 bits per heavy atom. The molecule has 1 fully saturated rings. The average Bonchev–Trinajstić information content (AvgIpc) is 2.52. The predicted octanol–water partition coefficient (Wildman–Crippen LogP) is 1.67. The van der Waals surface area contributed by atoms with Gasteiger partial charge in [0.1, 0.15) is 0 Å². The van der Waals surface area contributed by atoms with Crippen molar-refractivity contribution in [2.45, 2.75) is 19.8 Å². The van der Waals surface area contributed by atoms with Gasteiger partial charge < -0.3 is 5.32 Å². The minimum atomic E-state index is 0.191. The summed E-state index contributed by atoms with van der Waals surface area (Å²) >= 11 is 0. The van der Waals surface area contributed by atoms with Crippen LogP contribution < -0.4 is 5.32 Å². The third-order valence-electron chi connectivity index (χ3n) is 2.73. The predicted molar refractivity (Wildman–Crippen MR) is 56.0 cm³/mol. The lowest BCUT2D eigenvalue weighted by Crippen LogP contribution is -2.20.